The summed E-state index contributed by atoms with van der Waals surface area (Å²) in [5.41, 5.74) is 6.16. The van der Waals surface area contributed by atoms with Crippen LogP contribution >= 0.6 is 0 Å². The number of nitrogens with zero attached hydrogens (tertiary/aromatic N) is 1. The fourth-order valence-corrected chi connectivity index (χ4v) is 2.28. The maximum atomic E-state index is 4.50. The lowest BCUT2D eigenvalue weighted by atomic mass is 9.98. The van der Waals surface area contributed by atoms with Crippen molar-refractivity contribution in [2.75, 3.05) is 11.9 Å². The molecule has 1 aliphatic heterocycles. The molecule has 0 fully saturated rings. The molecule has 2 heteroatoms. The van der Waals surface area contributed by atoms with Crippen molar-refractivity contribution in [3.05, 3.63) is 41.6 Å². The van der Waals surface area contributed by atoms with Gasteiger partial charge in [-0.1, -0.05) is 18.2 Å². The van der Waals surface area contributed by atoms with Gasteiger partial charge in [0.2, 0.25) is 0 Å². The van der Waals surface area contributed by atoms with Crippen LogP contribution in [-0.2, 0) is 0 Å². The maximum Gasteiger partial charge on any atom is 0.0942 e. The molecule has 3 rings (SSSR count). The van der Waals surface area contributed by atoms with Gasteiger partial charge in [-0.05, 0) is 31.1 Å². The molecule has 2 aromatic rings. The Kier molecular flexibility index (Phi) is 1.96. The number of nitrogens with one attached hydrogen (secondary N) is 1. The van der Waals surface area contributed by atoms with E-state index in [1.165, 1.54) is 27.8 Å². The number of hydrogen-bond acceptors (Lipinski definition) is 2. The molecule has 0 unspecified atom stereocenters. The lowest BCUT2D eigenvalue weighted by Gasteiger charge is -2.19. The van der Waals surface area contributed by atoms with Gasteiger partial charge in [0.05, 0.1) is 11.2 Å². The second kappa shape index (κ2) is 3.34. The van der Waals surface area contributed by atoms with Crippen molar-refractivity contribution in [2.45, 2.75) is 13.8 Å². The highest BCUT2D eigenvalue weighted by Gasteiger charge is 2.13. The third kappa shape index (κ3) is 1.23. The van der Waals surface area contributed by atoms with E-state index in [0.717, 1.165) is 12.1 Å². The summed E-state index contributed by atoms with van der Waals surface area (Å²) in [5, 5.41) is 4.66. The summed E-state index contributed by atoms with van der Waals surface area (Å²) in [6, 6.07) is 6.41. The smallest absolute Gasteiger partial charge is 0.0942 e. The van der Waals surface area contributed by atoms with Crippen LogP contribution in [0.5, 0.6) is 0 Å². The third-order valence-corrected chi connectivity index (χ3v) is 3.24. The summed E-state index contributed by atoms with van der Waals surface area (Å²) in [6.07, 6.45) is 4.09. The minimum Gasteiger partial charge on any atom is -0.379 e. The number of pyridine rings is 1. The minimum atomic E-state index is 0.896. The summed E-state index contributed by atoms with van der Waals surface area (Å²) < 4.78 is 0. The SMILES string of the molecule is CC1=CCNc2c1ccc1c(C)ccnc21. The van der Waals surface area contributed by atoms with Crippen LogP contribution in [-0.4, -0.2) is 11.5 Å². The summed E-state index contributed by atoms with van der Waals surface area (Å²) in [7, 11) is 0. The zero-order valence-electron chi connectivity index (χ0n) is 9.54. The average molecular weight is 210 g/mol. The molecule has 1 aromatic heterocycles. The minimum absolute atomic E-state index is 0.896. The number of benzene rings is 1. The largest absolute Gasteiger partial charge is 0.379 e. The van der Waals surface area contributed by atoms with Crippen LogP contribution in [0.1, 0.15) is 18.1 Å². The first-order chi connectivity index (χ1) is 7.77. The van der Waals surface area contributed by atoms with Crippen molar-refractivity contribution in [2.24, 2.45) is 0 Å². The van der Waals surface area contributed by atoms with E-state index >= 15 is 0 Å². The van der Waals surface area contributed by atoms with E-state index in [2.05, 4.69) is 48.4 Å². The van der Waals surface area contributed by atoms with Gasteiger partial charge in [0.25, 0.3) is 0 Å². The van der Waals surface area contributed by atoms with Crippen LogP contribution in [0.15, 0.2) is 30.5 Å². The molecule has 0 aliphatic carbocycles. The number of hydrogen-bond donors (Lipinski definition) is 1. The van der Waals surface area contributed by atoms with Gasteiger partial charge in [-0.3, -0.25) is 4.98 Å². The number of rotatable bonds is 0. The summed E-state index contributed by atoms with van der Waals surface area (Å²) in [4.78, 5) is 4.50. The van der Waals surface area contributed by atoms with E-state index in [0.29, 0.717) is 0 Å². The quantitative estimate of drug-likeness (QED) is 0.721. The van der Waals surface area contributed by atoms with E-state index in [1.807, 2.05) is 6.20 Å². The molecule has 0 radical (unpaired) electrons. The summed E-state index contributed by atoms with van der Waals surface area (Å²) >= 11 is 0. The molecule has 0 saturated carbocycles. The van der Waals surface area contributed by atoms with Crippen LogP contribution in [0.2, 0.25) is 0 Å². The van der Waals surface area contributed by atoms with Gasteiger partial charge in [0.15, 0.2) is 0 Å². The van der Waals surface area contributed by atoms with Crippen molar-refractivity contribution in [3.63, 3.8) is 0 Å². The fraction of sp³-hybridized carbons (Fsp3) is 0.214. The highest BCUT2D eigenvalue weighted by molar-refractivity contribution is 5.99. The van der Waals surface area contributed by atoms with E-state index in [9.17, 15) is 0 Å². The molecule has 2 nitrogen and oxygen atoms in total. The molecule has 1 N–H and O–H groups in total. The van der Waals surface area contributed by atoms with Gasteiger partial charge >= 0.3 is 0 Å². The Morgan fingerprint density at radius 1 is 1.19 bits per heavy atom. The van der Waals surface area contributed by atoms with Crippen molar-refractivity contribution in [1.29, 1.82) is 0 Å². The Bertz CT molecular complexity index is 597. The van der Waals surface area contributed by atoms with E-state index in [4.69, 9.17) is 0 Å². The molecule has 0 saturated heterocycles. The van der Waals surface area contributed by atoms with Crippen LogP contribution in [0.3, 0.4) is 0 Å². The molecule has 80 valence electrons. The van der Waals surface area contributed by atoms with Gasteiger partial charge in [-0.25, -0.2) is 0 Å². The Hall–Kier alpha value is -1.83. The molecular weight excluding hydrogens is 196 g/mol. The second-order valence-electron chi connectivity index (χ2n) is 4.28. The van der Waals surface area contributed by atoms with Crippen LogP contribution < -0.4 is 5.32 Å². The average Bonchev–Trinajstić information content (AvgIpc) is 2.30. The number of aryl methyl sites for hydroxylation is 1. The van der Waals surface area contributed by atoms with Gasteiger partial charge in [-0.2, -0.15) is 0 Å². The number of aromatic nitrogens is 1. The number of anilines is 1. The van der Waals surface area contributed by atoms with Gasteiger partial charge in [0.1, 0.15) is 0 Å². The summed E-state index contributed by atoms with van der Waals surface area (Å²) in [5.74, 6) is 0. The lowest BCUT2D eigenvalue weighted by Crippen LogP contribution is -2.08. The van der Waals surface area contributed by atoms with Crippen LogP contribution in [0.25, 0.3) is 16.5 Å². The Morgan fingerprint density at radius 3 is 2.94 bits per heavy atom. The predicted molar refractivity (Wildman–Crippen MR) is 68.6 cm³/mol. The number of fused-ring (bicyclic) bond motifs is 3. The third-order valence-electron chi connectivity index (χ3n) is 3.24. The summed E-state index contributed by atoms with van der Waals surface area (Å²) in [6.45, 7) is 5.18. The Balaban J connectivity index is 2.41. The fourth-order valence-electron chi connectivity index (χ4n) is 2.28. The molecular formula is C14H14N2. The molecule has 1 aromatic carbocycles. The Labute approximate surface area is 95.0 Å². The van der Waals surface area contributed by atoms with Gasteiger partial charge in [-0.15, -0.1) is 0 Å². The first-order valence-corrected chi connectivity index (χ1v) is 5.56. The molecule has 2 heterocycles. The van der Waals surface area contributed by atoms with Crippen molar-refractivity contribution in [1.82, 2.24) is 4.98 Å². The molecule has 1 aliphatic rings. The normalized spacial score (nSPS) is 14.2. The predicted octanol–water partition coefficient (Wildman–Crippen LogP) is 3.37. The van der Waals surface area contributed by atoms with Crippen molar-refractivity contribution >= 4 is 22.2 Å². The first kappa shape index (κ1) is 9.40. The molecule has 0 atom stereocenters. The van der Waals surface area contributed by atoms with E-state index < -0.39 is 0 Å². The molecule has 0 bridgehead atoms. The standard InChI is InChI=1S/C14H14N2/c1-9-5-7-15-13-11(9)3-4-12-10(2)6-8-16-14(12)13/h3-7,16H,8H2,1-2H3. The first-order valence-electron chi connectivity index (χ1n) is 5.56. The molecule has 0 spiro atoms. The second-order valence-corrected chi connectivity index (χ2v) is 4.28. The van der Waals surface area contributed by atoms with Crippen molar-refractivity contribution in [3.8, 4) is 0 Å². The molecule has 0 amide bonds. The van der Waals surface area contributed by atoms with Gasteiger partial charge < -0.3 is 5.32 Å². The lowest BCUT2D eigenvalue weighted by molar-refractivity contribution is 1.27. The van der Waals surface area contributed by atoms with E-state index in [1.54, 1.807) is 0 Å². The Morgan fingerprint density at radius 2 is 2.06 bits per heavy atom. The topological polar surface area (TPSA) is 24.9 Å². The maximum absolute atomic E-state index is 4.50. The highest BCUT2D eigenvalue weighted by Crippen LogP contribution is 2.33. The highest BCUT2D eigenvalue weighted by atomic mass is 14.9. The molecule has 16 heavy (non-hydrogen) atoms. The van der Waals surface area contributed by atoms with Gasteiger partial charge in [0, 0.05) is 23.7 Å². The van der Waals surface area contributed by atoms with Crippen molar-refractivity contribution < 1.29 is 0 Å². The monoisotopic (exact) mass is 210 g/mol. The zero-order chi connectivity index (χ0) is 11.1. The number of allylic oxidation sites excluding steroid dienone is 1. The van der Waals surface area contributed by atoms with Crippen LogP contribution in [0.4, 0.5) is 5.69 Å². The van der Waals surface area contributed by atoms with E-state index in [-0.39, 0.29) is 0 Å². The zero-order valence-corrected chi connectivity index (χ0v) is 9.54. The van der Waals surface area contributed by atoms with Crippen LogP contribution in [0, 0.1) is 6.92 Å².